The van der Waals surface area contributed by atoms with Gasteiger partial charge >= 0.3 is 0 Å². The third-order valence-corrected chi connectivity index (χ3v) is 4.26. The molecule has 2 fully saturated rings. The van der Waals surface area contributed by atoms with E-state index in [2.05, 4.69) is 35.6 Å². The highest BCUT2D eigenvalue weighted by Gasteiger charge is 2.41. The normalized spacial score (nSPS) is 35.1. The molecule has 1 heterocycles. The minimum absolute atomic E-state index is 0.509. The summed E-state index contributed by atoms with van der Waals surface area (Å²) >= 11 is 0. The number of nitrogens with one attached hydrogen (secondary N) is 1. The van der Waals surface area contributed by atoms with Crippen LogP contribution in [0.15, 0.2) is 30.3 Å². The smallest absolute Gasteiger partial charge is 0.00758 e. The second kappa shape index (κ2) is 3.64. The lowest BCUT2D eigenvalue weighted by Crippen LogP contribution is -2.26. The molecule has 1 aliphatic heterocycles. The van der Waals surface area contributed by atoms with Gasteiger partial charge < -0.3 is 5.32 Å². The maximum atomic E-state index is 3.67. The van der Waals surface area contributed by atoms with E-state index in [0.717, 1.165) is 6.04 Å². The summed E-state index contributed by atoms with van der Waals surface area (Å²) in [5, 5.41) is 3.67. The van der Waals surface area contributed by atoms with Crippen LogP contribution in [0, 0.1) is 0 Å². The molecule has 1 saturated heterocycles. The van der Waals surface area contributed by atoms with Gasteiger partial charge in [-0.15, -0.1) is 0 Å². The quantitative estimate of drug-likeness (QED) is 0.736. The van der Waals surface area contributed by atoms with Crippen LogP contribution in [0.2, 0.25) is 0 Å². The van der Waals surface area contributed by atoms with Gasteiger partial charge in [-0.25, -0.2) is 0 Å². The Morgan fingerprint density at radius 1 is 1.13 bits per heavy atom. The van der Waals surface area contributed by atoms with Crippen molar-refractivity contribution in [3.05, 3.63) is 35.9 Å². The fourth-order valence-electron chi connectivity index (χ4n) is 3.46. The molecule has 0 amide bonds. The Labute approximate surface area is 91.9 Å². The summed E-state index contributed by atoms with van der Waals surface area (Å²) in [6.45, 7) is 1.22. The van der Waals surface area contributed by atoms with Crippen LogP contribution in [-0.2, 0) is 5.41 Å². The van der Waals surface area contributed by atoms with Crippen LogP contribution in [-0.4, -0.2) is 12.6 Å². The first-order chi connectivity index (χ1) is 7.39. The second-order valence-electron chi connectivity index (χ2n) is 5.14. The number of hydrogen-bond donors (Lipinski definition) is 1. The van der Waals surface area contributed by atoms with Crippen LogP contribution in [0.3, 0.4) is 0 Å². The van der Waals surface area contributed by atoms with Crippen LogP contribution in [0.1, 0.15) is 37.7 Å². The highest BCUT2D eigenvalue weighted by atomic mass is 14.9. The molecular weight excluding hydrogens is 182 g/mol. The molecule has 2 bridgehead atoms. The standard InChI is InChI=1S/C14H19N/c1-2-5-12(6-3-1)14-8-4-10-15-13(11-14)7-9-14/h1-3,5-6,13,15H,4,7-11H2/t13-,14-/m0/s1. The molecule has 1 aliphatic carbocycles. The van der Waals surface area contributed by atoms with Crippen molar-refractivity contribution in [3.8, 4) is 0 Å². The lowest BCUT2D eigenvalue weighted by atomic mass is 9.75. The summed E-state index contributed by atoms with van der Waals surface area (Å²) in [7, 11) is 0. The van der Waals surface area contributed by atoms with Crippen molar-refractivity contribution in [3.63, 3.8) is 0 Å². The summed E-state index contributed by atoms with van der Waals surface area (Å²) in [5.74, 6) is 0. The monoisotopic (exact) mass is 201 g/mol. The first-order valence-electron chi connectivity index (χ1n) is 6.18. The maximum absolute atomic E-state index is 3.67. The average molecular weight is 201 g/mol. The van der Waals surface area contributed by atoms with Gasteiger partial charge in [0, 0.05) is 6.04 Å². The molecule has 1 aromatic carbocycles. The summed E-state index contributed by atoms with van der Waals surface area (Å²) in [6, 6.07) is 11.9. The van der Waals surface area contributed by atoms with Crippen LogP contribution in [0.4, 0.5) is 0 Å². The molecule has 1 nitrogen and oxygen atoms in total. The van der Waals surface area contributed by atoms with E-state index in [1.165, 1.54) is 38.6 Å². The van der Waals surface area contributed by atoms with Gasteiger partial charge in [-0.05, 0) is 49.6 Å². The van der Waals surface area contributed by atoms with Gasteiger partial charge in [0.2, 0.25) is 0 Å². The molecule has 0 aromatic heterocycles. The average Bonchev–Trinajstić information content (AvgIpc) is 2.56. The van der Waals surface area contributed by atoms with Crippen molar-refractivity contribution in [2.24, 2.45) is 0 Å². The fourth-order valence-corrected chi connectivity index (χ4v) is 3.46. The minimum atomic E-state index is 0.509. The Hall–Kier alpha value is -0.820. The van der Waals surface area contributed by atoms with E-state index in [-0.39, 0.29) is 0 Å². The highest BCUT2D eigenvalue weighted by Crippen LogP contribution is 2.45. The molecule has 15 heavy (non-hydrogen) atoms. The van der Waals surface area contributed by atoms with Gasteiger partial charge in [-0.1, -0.05) is 30.3 Å². The Morgan fingerprint density at radius 2 is 2.00 bits per heavy atom. The van der Waals surface area contributed by atoms with E-state index >= 15 is 0 Å². The maximum Gasteiger partial charge on any atom is 0.00758 e. The summed E-state index contributed by atoms with van der Waals surface area (Å²) < 4.78 is 0. The number of benzene rings is 1. The van der Waals surface area contributed by atoms with Gasteiger partial charge in [0.05, 0.1) is 0 Å². The summed E-state index contributed by atoms with van der Waals surface area (Å²) in [4.78, 5) is 0. The summed E-state index contributed by atoms with van der Waals surface area (Å²) in [5.41, 5.74) is 2.09. The molecule has 0 unspecified atom stereocenters. The SMILES string of the molecule is c1ccc([C@@]23CCCN[C@@H](CC2)C3)cc1. The van der Waals surface area contributed by atoms with Gasteiger partial charge in [0.25, 0.3) is 0 Å². The lowest BCUT2D eigenvalue weighted by molar-refractivity contribution is 0.406. The Balaban J connectivity index is 1.95. The second-order valence-corrected chi connectivity index (χ2v) is 5.14. The molecule has 1 aromatic rings. The van der Waals surface area contributed by atoms with Gasteiger partial charge in [-0.2, -0.15) is 0 Å². The number of fused-ring (bicyclic) bond motifs is 2. The van der Waals surface area contributed by atoms with Gasteiger partial charge in [0.15, 0.2) is 0 Å². The van der Waals surface area contributed by atoms with Crippen molar-refractivity contribution < 1.29 is 0 Å². The zero-order chi connectivity index (χ0) is 10.1. The van der Waals surface area contributed by atoms with Crippen molar-refractivity contribution >= 4 is 0 Å². The van der Waals surface area contributed by atoms with E-state index in [9.17, 15) is 0 Å². The van der Waals surface area contributed by atoms with E-state index in [4.69, 9.17) is 0 Å². The van der Waals surface area contributed by atoms with E-state index in [1.54, 1.807) is 5.56 Å². The Kier molecular flexibility index (Phi) is 2.28. The number of hydrogen-bond acceptors (Lipinski definition) is 1. The third kappa shape index (κ3) is 1.59. The molecular formula is C14H19N. The van der Waals surface area contributed by atoms with Crippen molar-refractivity contribution in [1.29, 1.82) is 0 Å². The predicted octanol–water partition coefficient (Wildman–Crippen LogP) is 2.86. The van der Waals surface area contributed by atoms with Crippen molar-refractivity contribution in [2.75, 3.05) is 6.54 Å². The Morgan fingerprint density at radius 3 is 2.87 bits per heavy atom. The number of rotatable bonds is 1. The molecule has 1 heteroatoms. The van der Waals surface area contributed by atoms with Gasteiger partial charge in [0.1, 0.15) is 0 Å². The molecule has 1 N–H and O–H groups in total. The largest absolute Gasteiger partial charge is 0.314 e. The zero-order valence-corrected chi connectivity index (χ0v) is 9.21. The van der Waals surface area contributed by atoms with Crippen LogP contribution in [0.25, 0.3) is 0 Å². The highest BCUT2D eigenvalue weighted by molar-refractivity contribution is 5.28. The third-order valence-electron chi connectivity index (χ3n) is 4.26. The molecule has 0 spiro atoms. The van der Waals surface area contributed by atoms with Crippen LogP contribution >= 0.6 is 0 Å². The molecule has 80 valence electrons. The first kappa shape index (κ1) is 9.41. The lowest BCUT2D eigenvalue weighted by Gasteiger charge is -2.28. The zero-order valence-electron chi connectivity index (χ0n) is 9.21. The molecule has 3 rings (SSSR count). The molecule has 2 aliphatic rings. The first-order valence-corrected chi connectivity index (χ1v) is 6.18. The topological polar surface area (TPSA) is 12.0 Å². The molecule has 2 atom stereocenters. The van der Waals surface area contributed by atoms with E-state index in [0.29, 0.717) is 5.41 Å². The molecule has 0 radical (unpaired) electrons. The van der Waals surface area contributed by atoms with E-state index < -0.39 is 0 Å². The van der Waals surface area contributed by atoms with Crippen LogP contribution < -0.4 is 5.32 Å². The van der Waals surface area contributed by atoms with E-state index in [1.807, 2.05) is 0 Å². The summed E-state index contributed by atoms with van der Waals surface area (Å²) in [6.07, 6.45) is 6.83. The van der Waals surface area contributed by atoms with Gasteiger partial charge in [-0.3, -0.25) is 0 Å². The van der Waals surface area contributed by atoms with Crippen molar-refractivity contribution in [1.82, 2.24) is 5.32 Å². The van der Waals surface area contributed by atoms with Crippen molar-refractivity contribution in [2.45, 2.75) is 43.6 Å². The predicted molar refractivity (Wildman–Crippen MR) is 63.0 cm³/mol. The van der Waals surface area contributed by atoms with Crippen LogP contribution in [0.5, 0.6) is 0 Å². The fraction of sp³-hybridized carbons (Fsp3) is 0.571. The minimum Gasteiger partial charge on any atom is -0.314 e. The Bertz CT molecular complexity index is 332. The molecule has 1 saturated carbocycles.